The van der Waals surface area contributed by atoms with Gasteiger partial charge in [-0.05, 0) is 38.5 Å². The van der Waals surface area contributed by atoms with Gasteiger partial charge < -0.3 is 19.5 Å². The molecular formula is C17H19F4NO4. The molecule has 1 aromatic carbocycles. The average Bonchev–Trinajstić information content (AvgIpc) is 2.94. The molecule has 2 aliphatic heterocycles. The van der Waals surface area contributed by atoms with Gasteiger partial charge in [0.15, 0.2) is 0 Å². The van der Waals surface area contributed by atoms with E-state index in [4.69, 9.17) is 4.74 Å². The number of halogens is 4. The van der Waals surface area contributed by atoms with E-state index < -0.39 is 36.0 Å². The normalized spacial score (nSPS) is 25.2. The van der Waals surface area contributed by atoms with Gasteiger partial charge in [0.05, 0.1) is 6.04 Å². The fourth-order valence-electron chi connectivity index (χ4n) is 3.31. The lowest BCUT2D eigenvalue weighted by Gasteiger charge is -2.45. The van der Waals surface area contributed by atoms with Gasteiger partial charge in [-0.15, -0.1) is 0 Å². The van der Waals surface area contributed by atoms with E-state index in [9.17, 15) is 27.5 Å². The van der Waals surface area contributed by atoms with E-state index >= 15 is 0 Å². The molecule has 3 rings (SSSR count). The summed E-state index contributed by atoms with van der Waals surface area (Å²) >= 11 is 0. The molecule has 1 fully saturated rings. The van der Waals surface area contributed by atoms with Crippen molar-refractivity contribution in [2.45, 2.75) is 57.0 Å². The van der Waals surface area contributed by atoms with Crippen LogP contribution in [0.25, 0.3) is 0 Å². The number of aliphatic hydroxyl groups is 1. The van der Waals surface area contributed by atoms with Gasteiger partial charge in [-0.2, -0.15) is 17.6 Å². The van der Waals surface area contributed by atoms with Crippen LogP contribution < -0.4 is 9.47 Å². The summed E-state index contributed by atoms with van der Waals surface area (Å²) in [6.45, 7) is 3.68. The van der Waals surface area contributed by atoms with Crippen molar-refractivity contribution >= 4 is 5.91 Å². The third-order valence-corrected chi connectivity index (χ3v) is 4.64. The fraction of sp³-hybridized carbons (Fsp3) is 0.588. The number of hydrogen-bond donors (Lipinski definition) is 1. The van der Waals surface area contributed by atoms with Gasteiger partial charge in [-0.3, -0.25) is 4.79 Å². The van der Waals surface area contributed by atoms with E-state index in [2.05, 4.69) is 4.74 Å². The SMILES string of the molecule is CC1(C)Oc2ccc(OC(F)(F)C(F)F)cc2C(N2CCCC2=O)C1O. The molecule has 1 aromatic rings. The van der Waals surface area contributed by atoms with Gasteiger partial charge >= 0.3 is 12.5 Å². The average molecular weight is 377 g/mol. The highest BCUT2D eigenvalue weighted by atomic mass is 19.3. The van der Waals surface area contributed by atoms with Crippen LogP contribution in [-0.4, -0.2) is 46.7 Å². The second-order valence-corrected chi connectivity index (χ2v) is 6.95. The van der Waals surface area contributed by atoms with Crippen LogP contribution in [0.4, 0.5) is 17.6 Å². The molecule has 26 heavy (non-hydrogen) atoms. The highest BCUT2D eigenvalue weighted by Gasteiger charge is 2.48. The number of hydrogen-bond acceptors (Lipinski definition) is 4. The number of carbonyl (C=O) groups is 1. The zero-order valence-electron chi connectivity index (χ0n) is 14.2. The minimum Gasteiger partial charge on any atom is -0.485 e. The zero-order chi connectivity index (χ0) is 19.3. The number of aliphatic hydroxyl groups excluding tert-OH is 1. The molecule has 2 aliphatic rings. The predicted octanol–water partition coefficient (Wildman–Crippen LogP) is 3.12. The third kappa shape index (κ3) is 3.20. The smallest absolute Gasteiger partial charge is 0.461 e. The minimum absolute atomic E-state index is 0.179. The third-order valence-electron chi connectivity index (χ3n) is 4.64. The largest absolute Gasteiger partial charge is 0.485 e. The predicted molar refractivity (Wildman–Crippen MR) is 82.4 cm³/mol. The van der Waals surface area contributed by atoms with E-state index in [1.54, 1.807) is 13.8 Å². The topological polar surface area (TPSA) is 59.0 Å². The fourth-order valence-corrected chi connectivity index (χ4v) is 3.31. The molecule has 2 atom stereocenters. The molecule has 2 unspecified atom stereocenters. The maximum Gasteiger partial charge on any atom is 0.461 e. The van der Waals surface area contributed by atoms with Gasteiger partial charge in [0, 0.05) is 18.5 Å². The van der Waals surface area contributed by atoms with Crippen molar-refractivity contribution in [2.75, 3.05) is 6.54 Å². The summed E-state index contributed by atoms with van der Waals surface area (Å²) in [6.07, 6.45) is -8.85. The summed E-state index contributed by atoms with van der Waals surface area (Å²) < 4.78 is 61.0. The number of alkyl halides is 4. The maximum absolute atomic E-state index is 13.2. The highest BCUT2D eigenvalue weighted by Crippen LogP contribution is 2.45. The first-order valence-electron chi connectivity index (χ1n) is 8.18. The first-order chi connectivity index (χ1) is 12.0. The Morgan fingerprint density at radius 3 is 2.65 bits per heavy atom. The summed E-state index contributed by atoms with van der Waals surface area (Å²) in [4.78, 5) is 13.6. The Labute approximate surface area is 147 Å². The van der Waals surface area contributed by atoms with Crippen LogP contribution in [0.5, 0.6) is 11.5 Å². The number of fused-ring (bicyclic) bond motifs is 1. The van der Waals surface area contributed by atoms with Crippen LogP contribution >= 0.6 is 0 Å². The van der Waals surface area contributed by atoms with Crippen molar-refractivity contribution in [3.8, 4) is 11.5 Å². The zero-order valence-corrected chi connectivity index (χ0v) is 14.2. The number of amides is 1. The van der Waals surface area contributed by atoms with E-state index in [1.807, 2.05) is 0 Å². The second-order valence-electron chi connectivity index (χ2n) is 6.95. The van der Waals surface area contributed by atoms with Gasteiger partial charge in [0.1, 0.15) is 23.2 Å². The number of carbonyl (C=O) groups excluding carboxylic acids is 1. The Morgan fingerprint density at radius 1 is 1.38 bits per heavy atom. The first-order valence-corrected chi connectivity index (χ1v) is 8.18. The highest BCUT2D eigenvalue weighted by molar-refractivity contribution is 5.79. The molecule has 0 bridgehead atoms. The Bertz CT molecular complexity index is 710. The van der Waals surface area contributed by atoms with E-state index in [0.717, 1.165) is 12.1 Å². The van der Waals surface area contributed by atoms with Crippen molar-refractivity contribution in [2.24, 2.45) is 0 Å². The van der Waals surface area contributed by atoms with Crippen LogP contribution in [0.2, 0.25) is 0 Å². The monoisotopic (exact) mass is 377 g/mol. The Kier molecular flexibility index (Phi) is 4.54. The molecule has 0 aliphatic carbocycles. The molecule has 0 saturated carbocycles. The minimum atomic E-state index is -4.65. The van der Waals surface area contributed by atoms with Gasteiger partial charge in [0.2, 0.25) is 5.91 Å². The van der Waals surface area contributed by atoms with Crippen LogP contribution in [0.3, 0.4) is 0 Å². The molecule has 1 amide bonds. The Hall–Kier alpha value is -2.03. The molecule has 1 saturated heterocycles. The number of ether oxygens (including phenoxy) is 2. The number of benzene rings is 1. The van der Waals surface area contributed by atoms with Crippen molar-refractivity contribution in [1.29, 1.82) is 0 Å². The van der Waals surface area contributed by atoms with Crippen LogP contribution in [-0.2, 0) is 4.79 Å². The lowest BCUT2D eigenvalue weighted by Crippen LogP contribution is -2.53. The number of likely N-dealkylation sites (tertiary alicyclic amines) is 1. The maximum atomic E-state index is 13.2. The Morgan fingerprint density at radius 2 is 2.08 bits per heavy atom. The summed E-state index contributed by atoms with van der Waals surface area (Å²) in [6, 6.07) is 2.67. The van der Waals surface area contributed by atoms with Crippen molar-refractivity contribution in [3.63, 3.8) is 0 Å². The molecule has 0 spiro atoms. The molecule has 2 heterocycles. The van der Waals surface area contributed by atoms with Gasteiger partial charge in [-0.1, -0.05) is 0 Å². The quantitative estimate of drug-likeness (QED) is 0.820. The standard InChI is InChI=1S/C17H19F4NO4/c1-16(2)14(24)13(22-7-3-4-12(22)23)10-8-9(5-6-11(10)26-16)25-17(20,21)15(18)19/h5-6,8,13-15,24H,3-4,7H2,1-2H3. The molecule has 1 N–H and O–H groups in total. The molecule has 0 aromatic heterocycles. The lowest BCUT2D eigenvalue weighted by atomic mass is 9.85. The molecule has 0 radical (unpaired) electrons. The van der Waals surface area contributed by atoms with Crippen molar-refractivity contribution < 1.29 is 36.9 Å². The lowest BCUT2D eigenvalue weighted by molar-refractivity contribution is -0.253. The van der Waals surface area contributed by atoms with E-state index in [1.165, 1.54) is 11.0 Å². The summed E-state index contributed by atoms with van der Waals surface area (Å²) in [5.74, 6) is -0.402. The number of nitrogens with zero attached hydrogens (tertiary/aromatic N) is 1. The van der Waals surface area contributed by atoms with Crippen molar-refractivity contribution in [3.05, 3.63) is 23.8 Å². The second kappa shape index (κ2) is 6.29. The molecule has 9 heteroatoms. The van der Waals surface area contributed by atoms with Crippen molar-refractivity contribution in [1.82, 2.24) is 4.90 Å². The van der Waals surface area contributed by atoms with E-state index in [0.29, 0.717) is 19.4 Å². The first kappa shape index (κ1) is 18.8. The van der Waals surface area contributed by atoms with Gasteiger partial charge in [0.25, 0.3) is 0 Å². The summed E-state index contributed by atoms with van der Waals surface area (Å²) in [7, 11) is 0. The Balaban J connectivity index is 2.02. The summed E-state index contributed by atoms with van der Waals surface area (Å²) in [5, 5.41) is 10.7. The number of rotatable bonds is 4. The van der Waals surface area contributed by atoms with E-state index in [-0.39, 0.29) is 17.2 Å². The van der Waals surface area contributed by atoms with Gasteiger partial charge in [-0.25, -0.2) is 0 Å². The molecule has 5 nitrogen and oxygen atoms in total. The molecule has 144 valence electrons. The summed E-state index contributed by atoms with van der Waals surface area (Å²) in [5.41, 5.74) is -0.787. The van der Waals surface area contributed by atoms with Crippen LogP contribution in [0, 0.1) is 0 Å². The molecular weight excluding hydrogens is 358 g/mol. The van der Waals surface area contributed by atoms with Crippen LogP contribution in [0.15, 0.2) is 18.2 Å². The van der Waals surface area contributed by atoms with Crippen LogP contribution in [0.1, 0.15) is 38.3 Å².